The minimum Gasteiger partial charge on any atom is -0.473 e. The van der Waals surface area contributed by atoms with Crippen molar-refractivity contribution < 1.29 is 14.3 Å². The van der Waals surface area contributed by atoms with Crippen molar-refractivity contribution in [1.29, 1.82) is 0 Å². The van der Waals surface area contributed by atoms with Crippen molar-refractivity contribution in [2.75, 3.05) is 13.1 Å². The summed E-state index contributed by atoms with van der Waals surface area (Å²) in [5.41, 5.74) is 2.67. The number of hydrogen-bond donors (Lipinski definition) is 1. The van der Waals surface area contributed by atoms with E-state index in [4.69, 9.17) is 4.74 Å². The second kappa shape index (κ2) is 11.0. The van der Waals surface area contributed by atoms with Gasteiger partial charge < -0.3 is 15.0 Å². The lowest BCUT2D eigenvalue weighted by molar-refractivity contribution is -0.126. The van der Waals surface area contributed by atoms with Gasteiger partial charge in [0.05, 0.1) is 5.92 Å². The highest BCUT2D eigenvalue weighted by Crippen LogP contribution is 2.24. The number of benzene rings is 3. The fourth-order valence-corrected chi connectivity index (χ4v) is 4.66. The van der Waals surface area contributed by atoms with Crippen molar-refractivity contribution in [2.45, 2.75) is 26.0 Å². The van der Waals surface area contributed by atoms with E-state index in [1.54, 1.807) is 6.20 Å². The summed E-state index contributed by atoms with van der Waals surface area (Å²) in [6, 6.07) is 27.3. The molecule has 5 rings (SSSR count). The molecule has 1 saturated heterocycles. The van der Waals surface area contributed by atoms with E-state index in [0.717, 1.165) is 34.7 Å². The van der Waals surface area contributed by atoms with Crippen molar-refractivity contribution in [3.05, 3.63) is 108 Å². The summed E-state index contributed by atoms with van der Waals surface area (Å²) in [4.78, 5) is 32.4. The fraction of sp³-hybridized carbons (Fsp3) is 0.233. The summed E-state index contributed by atoms with van der Waals surface area (Å²) in [6.07, 6.45) is 3.27. The topological polar surface area (TPSA) is 71.5 Å². The molecule has 1 aliphatic rings. The van der Waals surface area contributed by atoms with Crippen LogP contribution in [0.4, 0.5) is 0 Å². The number of carbonyl (C=O) groups is 2. The molecule has 0 radical (unpaired) electrons. The second-order valence-corrected chi connectivity index (χ2v) is 9.11. The van der Waals surface area contributed by atoms with E-state index in [-0.39, 0.29) is 17.7 Å². The maximum absolute atomic E-state index is 13.3. The summed E-state index contributed by atoms with van der Waals surface area (Å²) in [7, 11) is 0. The lowest BCUT2D eigenvalue weighted by atomic mass is 9.95. The molecule has 6 heteroatoms. The van der Waals surface area contributed by atoms with Crippen LogP contribution in [0.2, 0.25) is 0 Å². The first kappa shape index (κ1) is 23.5. The zero-order chi connectivity index (χ0) is 24.7. The molecule has 182 valence electrons. The molecule has 6 nitrogen and oxygen atoms in total. The molecule has 0 aliphatic carbocycles. The van der Waals surface area contributed by atoms with Crippen molar-refractivity contribution in [3.8, 4) is 5.88 Å². The third kappa shape index (κ3) is 5.54. The van der Waals surface area contributed by atoms with E-state index in [9.17, 15) is 9.59 Å². The predicted octanol–water partition coefficient (Wildman–Crippen LogP) is 4.98. The Kier molecular flexibility index (Phi) is 7.22. The van der Waals surface area contributed by atoms with Gasteiger partial charge in [-0.1, -0.05) is 66.7 Å². The molecular formula is C30H29N3O3. The average molecular weight is 480 g/mol. The van der Waals surface area contributed by atoms with Crippen LogP contribution in [0.25, 0.3) is 10.8 Å². The lowest BCUT2D eigenvalue weighted by Crippen LogP contribution is -2.45. The molecule has 2 amide bonds. The van der Waals surface area contributed by atoms with Gasteiger partial charge in [0.25, 0.3) is 5.91 Å². The molecule has 0 bridgehead atoms. The molecule has 1 aromatic heterocycles. The highest BCUT2D eigenvalue weighted by molar-refractivity contribution is 6.07. The van der Waals surface area contributed by atoms with Gasteiger partial charge in [0.15, 0.2) is 0 Å². The summed E-state index contributed by atoms with van der Waals surface area (Å²) >= 11 is 0. The van der Waals surface area contributed by atoms with E-state index in [2.05, 4.69) is 10.3 Å². The van der Waals surface area contributed by atoms with E-state index in [1.807, 2.05) is 89.8 Å². The van der Waals surface area contributed by atoms with E-state index in [0.29, 0.717) is 37.7 Å². The number of aromatic nitrogens is 1. The van der Waals surface area contributed by atoms with Gasteiger partial charge in [0.2, 0.25) is 11.8 Å². The Bertz CT molecular complexity index is 1350. The Labute approximate surface area is 210 Å². The van der Waals surface area contributed by atoms with Crippen LogP contribution in [0.3, 0.4) is 0 Å². The normalized spacial score (nSPS) is 15.4. The minimum absolute atomic E-state index is 0.0151. The number of amides is 2. The number of nitrogens with zero attached hydrogens (tertiary/aromatic N) is 2. The summed E-state index contributed by atoms with van der Waals surface area (Å²) in [5.74, 6) is 0.246. The molecule has 1 N–H and O–H groups in total. The van der Waals surface area contributed by atoms with Gasteiger partial charge in [0, 0.05) is 37.5 Å². The van der Waals surface area contributed by atoms with Crippen LogP contribution in [0.15, 0.2) is 91.1 Å². The number of nitrogens with one attached hydrogen (secondary N) is 1. The van der Waals surface area contributed by atoms with Gasteiger partial charge >= 0.3 is 0 Å². The number of fused-ring (bicyclic) bond motifs is 1. The van der Waals surface area contributed by atoms with Crippen LogP contribution in [0, 0.1) is 5.92 Å². The van der Waals surface area contributed by atoms with Gasteiger partial charge in [-0.15, -0.1) is 0 Å². The number of ether oxygens (including phenoxy) is 1. The first-order chi connectivity index (χ1) is 17.7. The molecule has 1 unspecified atom stereocenters. The van der Waals surface area contributed by atoms with Crippen molar-refractivity contribution in [1.82, 2.24) is 15.2 Å². The van der Waals surface area contributed by atoms with Crippen LogP contribution in [0.5, 0.6) is 5.88 Å². The molecule has 0 spiro atoms. The van der Waals surface area contributed by atoms with Crippen LogP contribution >= 0.6 is 0 Å². The van der Waals surface area contributed by atoms with Crippen molar-refractivity contribution in [3.63, 3.8) is 0 Å². The molecule has 3 aromatic carbocycles. The Balaban J connectivity index is 1.18. The van der Waals surface area contributed by atoms with Crippen LogP contribution in [-0.4, -0.2) is 34.8 Å². The Morgan fingerprint density at radius 1 is 0.944 bits per heavy atom. The minimum atomic E-state index is -0.228. The second-order valence-electron chi connectivity index (χ2n) is 9.11. The summed E-state index contributed by atoms with van der Waals surface area (Å²) in [6.45, 7) is 1.91. The number of carbonyl (C=O) groups excluding carboxylic acids is 2. The van der Waals surface area contributed by atoms with Gasteiger partial charge in [-0.05, 0) is 46.9 Å². The number of rotatable bonds is 7. The van der Waals surface area contributed by atoms with Gasteiger partial charge in [0.1, 0.15) is 6.61 Å². The lowest BCUT2D eigenvalue weighted by Gasteiger charge is -2.32. The SMILES string of the molecule is O=C(NCc1ccnc(OCc2ccccc2)c1)C1CCCN(C(=O)c2cccc3ccccc23)C1. The third-order valence-corrected chi connectivity index (χ3v) is 6.59. The fourth-order valence-electron chi connectivity index (χ4n) is 4.66. The van der Waals surface area contributed by atoms with Gasteiger partial charge in [-0.3, -0.25) is 9.59 Å². The number of piperidine rings is 1. The molecular weight excluding hydrogens is 450 g/mol. The monoisotopic (exact) mass is 479 g/mol. The largest absolute Gasteiger partial charge is 0.473 e. The molecule has 1 aliphatic heterocycles. The molecule has 1 atom stereocenters. The maximum atomic E-state index is 13.3. The molecule has 36 heavy (non-hydrogen) atoms. The van der Waals surface area contributed by atoms with E-state index in [1.165, 1.54) is 0 Å². The van der Waals surface area contributed by atoms with Gasteiger partial charge in [-0.25, -0.2) is 4.98 Å². The summed E-state index contributed by atoms with van der Waals surface area (Å²) < 4.78 is 5.80. The van der Waals surface area contributed by atoms with Crippen LogP contribution in [0.1, 0.15) is 34.3 Å². The highest BCUT2D eigenvalue weighted by atomic mass is 16.5. The number of pyridine rings is 1. The number of hydrogen-bond acceptors (Lipinski definition) is 4. The first-order valence-electron chi connectivity index (χ1n) is 12.3. The standard InChI is InChI=1S/C30H29N3O3/c34-29(32-19-23-15-16-31-28(18-23)36-21-22-8-2-1-3-9-22)25-12-7-17-33(20-25)30(35)27-14-6-11-24-10-4-5-13-26(24)27/h1-6,8-11,13-16,18,25H,7,12,17,19-21H2,(H,32,34). The molecule has 2 heterocycles. The maximum Gasteiger partial charge on any atom is 0.254 e. The quantitative estimate of drug-likeness (QED) is 0.406. The van der Waals surface area contributed by atoms with Crippen LogP contribution < -0.4 is 10.1 Å². The Morgan fingerprint density at radius 2 is 1.75 bits per heavy atom. The molecule has 0 saturated carbocycles. The first-order valence-corrected chi connectivity index (χ1v) is 12.3. The number of likely N-dealkylation sites (tertiary alicyclic amines) is 1. The van der Waals surface area contributed by atoms with Crippen molar-refractivity contribution >= 4 is 22.6 Å². The van der Waals surface area contributed by atoms with E-state index >= 15 is 0 Å². The molecule has 4 aromatic rings. The zero-order valence-corrected chi connectivity index (χ0v) is 20.1. The average Bonchev–Trinajstić information content (AvgIpc) is 2.95. The Hall–Kier alpha value is -4.19. The smallest absolute Gasteiger partial charge is 0.254 e. The van der Waals surface area contributed by atoms with Crippen molar-refractivity contribution in [2.24, 2.45) is 5.92 Å². The Morgan fingerprint density at radius 3 is 2.64 bits per heavy atom. The predicted molar refractivity (Wildman–Crippen MR) is 139 cm³/mol. The zero-order valence-electron chi connectivity index (χ0n) is 20.1. The summed E-state index contributed by atoms with van der Waals surface area (Å²) in [5, 5.41) is 5.02. The highest BCUT2D eigenvalue weighted by Gasteiger charge is 2.29. The third-order valence-electron chi connectivity index (χ3n) is 6.59. The van der Waals surface area contributed by atoms with E-state index < -0.39 is 0 Å². The van der Waals surface area contributed by atoms with Gasteiger partial charge in [-0.2, -0.15) is 0 Å². The molecule has 1 fully saturated rings. The van der Waals surface area contributed by atoms with Crippen LogP contribution in [-0.2, 0) is 17.9 Å².